The van der Waals surface area contributed by atoms with Gasteiger partial charge in [-0.25, -0.2) is 4.79 Å². The number of alkyl carbamates (subject to hydrolysis) is 1. The van der Waals surface area contributed by atoms with Gasteiger partial charge >= 0.3 is 6.09 Å². The zero-order valence-corrected chi connectivity index (χ0v) is 30.3. The number of likely N-dealkylation sites (N-methyl/N-ethyl adjacent to an activating group) is 1. The van der Waals surface area contributed by atoms with Gasteiger partial charge in [-0.2, -0.15) is 0 Å². The van der Waals surface area contributed by atoms with E-state index in [9.17, 15) is 24.3 Å². The number of amides is 4. The highest BCUT2D eigenvalue weighted by molar-refractivity contribution is 6.06. The molecule has 1 aliphatic rings. The molecule has 0 aliphatic carbocycles. The fourth-order valence-corrected chi connectivity index (χ4v) is 6.48. The van der Waals surface area contributed by atoms with Crippen LogP contribution in [-0.4, -0.2) is 59.8 Å². The molecule has 10 heteroatoms. The molecule has 0 saturated heterocycles. The van der Waals surface area contributed by atoms with E-state index in [1.165, 1.54) is 4.90 Å². The number of hydrogen-bond acceptors (Lipinski definition) is 6. The molecule has 0 aromatic heterocycles. The lowest BCUT2D eigenvalue weighted by Crippen LogP contribution is -2.51. The summed E-state index contributed by atoms with van der Waals surface area (Å²) in [6, 6.07) is 31.1. The van der Waals surface area contributed by atoms with E-state index in [-0.39, 0.29) is 18.7 Å². The van der Waals surface area contributed by atoms with Crippen molar-refractivity contribution in [2.24, 2.45) is 5.92 Å². The minimum Gasteiger partial charge on any atom is -0.444 e. The van der Waals surface area contributed by atoms with E-state index >= 15 is 0 Å². The Balaban J connectivity index is 1.34. The molecule has 0 saturated carbocycles. The second-order valence-electron chi connectivity index (χ2n) is 14.3. The molecule has 0 unspecified atom stereocenters. The van der Waals surface area contributed by atoms with Crippen molar-refractivity contribution in [2.75, 3.05) is 11.9 Å². The summed E-state index contributed by atoms with van der Waals surface area (Å²) in [5.74, 6) is -2.06. The predicted octanol–water partition coefficient (Wildman–Crippen LogP) is 5.74. The Morgan fingerprint density at radius 1 is 0.769 bits per heavy atom. The summed E-state index contributed by atoms with van der Waals surface area (Å²) in [5.41, 5.74) is 4.10. The van der Waals surface area contributed by atoms with E-state index in [4.69, 9.17) is 4.74 Å². The first-order valence-electron chi connectivity index (χ1n) is 17.6. The number of ether oxygens (including phenoxy) is 1. The van der Waals surface area contributed by atoms with Crippen molar-refractivity contribution >= 4 is 29.5 Å². The molecule has 0 radical (unpaired) electrons. The number of nitrogens with one attached hydrogen (secondary N) is 3. The van der Waals surface area contributed by atoms with Crippen LogP contribution in [0.25, 0.3) is 11.1 Å². The number of fused-ring (bicyclic) bond motifs is 3. The highest BCUT2D eigenvalue weighted by atomic mass is 16.6. The molecule has 52 heavy (non-hydrogen) atoms. The Labute approximate surface area is 305 Å². The average molecular weight is 705 g/mol. The van der Waals surface area contributed by atoms with Crippen molar-refractivity contribution in [2.45, 2.75) is 76.8 Å². The fraction of sp³-hybridized carbons (Fsp3) is 0.333. The van der Waals surface area contributed by atoms with Gasteiger partial charge in [-0.1, -0.05) is 103 Å². The third kappa shape index (κ3) is 9.64. The first-order chi connectivity index (χ1) is 24.8. The molecule has 4 N–H and O–H groups in total. The van der Waals surface area contributed by atoms with Crippen LogP contribution in [0.1, 0.15) is 56.8 Å². The molecule has 0 spiro atoms. The van der Waals surface area contributed by atoms with Crippen molar-refractivity contribution in [1.29, 1.82) is 0 Å². The number of hydrogen-bond donors (Lipinski definition) is 4. The summed E-state index contributed by atoms with van der Waals surface area (Å²) in [7, 11) is 1.68. The minimum atomic E-state index is -1.14. The number of rotatable bonds is 12. The normalized spacial score (nSPS) is 16.2. The van der Waals surface area contributed by atoms with Gasteiger partial charge in [0.15, 0.2) is 0 Å². The third-order valence-electron chi connectivity index (χ3n) is 9.13. The van der Waals surface area contributed by atoms with Crippen LogP contribution in [0.3, 0.4) is 0 Å². The summed E-state index contributed by atoms with van der Waals surface area (Å²) in [6.45, 7) is 6.84. The van der Waals surface area contributed by atoms with Crippen LogP contribution in [0.5, 0.6) is 0 Å². The zero-order valence-electron chi connectivity index (χ0n) is 30.3. The molecule has 4 aromatic rings. The fourth-order valence-electron chi connectivity index (χ4n) is 6.48. The van der Waals surface area contributed by atoms with Crippen molar-refractivity contribution in [1.82, 2.24) is 16.0 Å². The number of anilines is 1. The molecule has 0 bridgehead atoms. The number of aliphatic hydroxyl groups excluding tert-OH is 1. The number of carbonyl (C=O) groups is 4. The Morgan fingerprint density at radius 3 is 1.96 bits per heavy atom. The van der Waals surface area contributed by atoms with Crippen LogP contribution in [-0.2, 0) is 32.0 Å². The largest absolute Gasteiger partial charge is 0.444 e. The number of carbonyl (C=O) groups excluding carboxylic acids is 4. The van der Waals surface area contributed by atoms with E-state index in [2.05, 4.69) is 16.0 Å². The first-order valence-corrected chi connectivity index (χ1v) is 17.6. The Kier molecular flexibility index (Phi) is 12.1. The van der Waals surface area contributed by atoms with Crippen molar-refractivity contribution in [3.8, 4) is 11.1 Å². The summed E-state index contributed by atoms with van der Waals surface area (Å²) in [4.78, 5) is 55.9. The van der Waals surface area contributed by atoms with E-state index < -0.39 is 53.7 Å². The van der Waals surface area contributed by atoms with Gasteiger partial charge in [-0.15, -0.1) is 0 Å². The number of benzene rings is 4. The maximum atomic E-state index is 14.0. The van der Waals surface area contributed by atoms with Crippen molar-refractivity contribution in [3.05, 3.63) is 126 Å². The van der Waals surface area contributed by atoms with Gasteiger partial charge in [-0.05, 0) is 75.3 Å². The van der Waals surface area contributed by atoms with Crippen LogP contribution in [0.2, 0.25) is 0 Å². The standard InChI is InChI=1S/C42H48N4O6/c1-27(38(48)45-37-33-22-13-12-20-31(33)32-21-14-15-23-35(32)46(5)40(37)50)43-39(49)30(24-28-16-8-6-9-17-28)26-36(47)34(25-29-18-10-7-11-19-29)44-41(51)52-42(2,3)4/h6-23,27,30,34,36-37,47H,24-26H2,1-5H3,(H,43,49)(H,44,51)(H,45,48)/t27-,30+,34-,36+,37-/m0/s1. The third-order valence-corrected chi connectivity index (χ3v) is 9.13. The Bertz CT molecular complexity index is 1860. The van der Waals surface area contributed by atoms with E-state index in [0.717, 1.165) is 27.9 Å². The molecule has 272 valence electrons. The van der Waals surface area contributed by atoms with E-state index in [0.29, 0.717) is 12.0 Å². The minimum absolute atomic E-state index is 0.0140. The molecular weight excluding hydrogens is 656 g/mol. The lowest BCUT2D eigenvalue weighted by molar-refractivity contribution is -0.133. The summed E-state index contributed by atoms with van der Waals surface area (Å²) in [5, 5.41) is 20.2. The van der Waals surface area contributed by atoms with Crippen LogP contribution >= 0.6 is 0 Å². The maximum Gasteiger partial charge on any atom is 0.407 e. The van der Waals surface area contributed by atoms with Crippen LogP contribution < -0.4 is 20.9 Å². The summed E-state index contributed by atoms with van der Waals surface area (Å²) in [6.07, 6.45) is -1.26. The van der Waals surface area contributed by atoms with Gasteiger partial charge in [0, 0.05) is 18.5 Å². The molecular formula is C42H48N4O6. The smallest absolute Gasteiger partial charge is 0.407 e. The van der Waals surface area contributed by atoms with Crippen LogP contribution in [0.15, 0.2) is 109 Å². The Morgan fingerprint density at radius 2 is 1.33 bits per heavy atom. The topological polar surface area (TPSA) is 137 Å². The van der Waals surface area contributed by atoms with Crippen LogP contribution in [0.4, 0.5) is 10.5 Å². The monoisotopic (exact) mass is 704 g/mol. The van der Waals surface area contributed by atoms with Gasteiger partial charge in [0.1, 0.15) is 17.7 Å². The highest BCUT2D eigenvalue weighted by Crippen LogP contribution is 2.39. The highest BCUT2D eigenvalue weighted by Gasteiger charge is 2.35. The second-order valence-corrected chi connectivity index (χ2v) is 14.3. The molecule has 5 rings (SSSR count). The van der Waals surface area contributed by atoms with Gasteiger partial charge in [0.25, 0.3) is 5.91 Å². The average Bonchev–Trinajstić information content (AvgIpc) is 3.20. The molecule has 1 aliphatic heterocycles. The molecule has 1 heterocycles. The molecule has 5 atom stereocenters. The number of para-hydroxylation sites is 1. The maximum absolute atomic E-state index is 14.0. The predicted molar refractivity (Wildman–Crippen MR) is 201 cm³/mol. The summed E-state index contributed by atoms with van der Waals surface area (Å²) < 4.78 is 5.50. The number of nitrogens with zero attached hydrogens (tertiary/aromatic N) is 1. The van der Waals surface area contributed by atoms with Crippen LogP contribution in [0, 0.1) is 5.92 Å². The molecule has 10 nitrogen and oxygen atoms in total. The summed E-state index contributed by atoms with van der Waals surface area (Å²) >= 11 is 0. The SMILES string of the molecule is C[C@H](NC(=O)[C@H](Cc1ccccc1)C[C@@H](O)[C@H](Cc1ccccc1)NC(=O)OC(C)(C)C)C(=O)N[C@@H]1C(=O)N(C)c2ccccc2-c2ccccc21. The first kappa shape index (κ1) is 37.8. The van der Waals surface area contributed by atoms with Gasteiger partial charge in [0.05, 0.1) is 17.8 Å². The quantitative estimate of drug-likeness (QED) is 0.149. The molecule has 4 aromatic carbocycles. The van der Waals surface area contributed by atoms with Gasteiger partial charge in [0.2, 0.25) is 11.8 Å². The molecule has 0 fully saturated rings. The zero-order chi connectivity index (χ0) is 37.4. The molecule has 4 amide bonds. The van der Waals surface area contributed by atoms with Gasteiger partial charge in [-0.3, -0.25) is 14.4 Å². The number of aliphatic hydroxyl groups is 1. The van der Waals surface area contributed by atoms with Crippen molar-refractivity contribution in [3.63, 3.8) is 0 Å². The van der Waals surface area contributed by atoms with E-state index in [1.807, 2.05) is 109 Å². The van der Waals surface area contributed by atoms with Crippen molar-refractivity contribution < 1.29 is 29.0 Å². The lowest BCUT2D eigenvalue weighted by Gasteiger charge is -2.29. The van der Waals surface area contributed by atoms with Gasteiger partial charge < -0.3 is 30.7 Å². The second kappa shape index (κ2) is 16.7. The van der Waals surface area contributed by atoms with E-state index in [1.54, 1.807) is 34.7 Å². The Hall–Kier alpha value is -5.48. The lowest BCUT2D eigenvalue weighted by atomic mass is 9.88.